The summed E-state index contributed by atoms with van der Waals surface area (Å²) in [5.74, 6) is 0.854. The van der Waals surface area contributed by atoms with Gasteiger partial charge in [-0.05, 0) is 31.5 Å². The Kier molecular flexibility index (Phi) is 7.26. The first-order valence-corrected chi connectivity index (χ1v) is 8.02. The zero-order valence-electron chi connectivity index (χ0n) is 13.6. The topological polar surface area (TPSA) is 75.4 Å². The van der Waals surface area contributed by atoms with Crippen molar-refractivity contribution in [3.63, 3.8) is 0 Å². The second kappa shape index (κ2) is 8.50. The summed E-state index contributed by atoms with van der Waals surface area (Å²) in [4.78, 5) is 21.1. The largest absolute Gasteiger partial charge is 0.399 e. The van der Waals surface area contributed by atoms with Crippen molar-refractivity contribution in [3.8, 4) is 0 Å². The fourth-order valence-corrected chi connectivity index (χ4v) is 3.28. The predicted molar refractivity (Wildman–Crippen MR) is 103 cm³/mol. The maximum Gasteiger partial charge on any atom is 0.254 e. The highest BCUT2D eigenvalue weighted by Gasteiger charge is 2.24. The second-order valence-electron chi connectivity index (χ2n) is 5.48. The molecular formula is C15H21Cl2N5OS. The van der Waals surface area contributed by atoms with Crippen molar-refractivity contribution < 1.29 is 4.79 Å². The summed E-state index contributed by atoms with van der Waals surface area (Å²) >= 11 is 1.41. The van der Waals surface area contributed by atoms with Crippen LogP contribution in [0.3, 0.4) is 0 Å². The van der Waals surface area contributed by atoms with Gasteiger partial charge in [-0.15, -0.1) is 24.8 Å². The van der Waals surface area contributed by atoms with Gasteiger partial charge in [-0.3, -0.25) is 4.79 Å². The molecule has 132 valence electrons. The molecule has 24 heavy (non-hydrogen) atoms. The van der Waals surface area contributed by atoms with E-state index in [9.17, 15) is 4.79 Å². The lowest BCUT2D eigenvalue weighted by atomic mass is 10.1. The second-order valence-corrected chi connectivity index (χ2v) is 6.21. The number of hydrogen-bond donors (Lipinski definition) is 1. The number of anilines is 2. The molecule has 0 bridgehead atoms. The van der Waals surface area contributed by atoms with Gasteiger partial charge in [0.15, 0.2) is 0 Å². The lowest BCUT2D eigenvalue weighted by Gasteiger charge is -2.34. The van der Waals surface area contributed by atoms with E-state index < -0.39 is 0 Å². The smallest absolute Gasteiger partial charge is 0.254 e. The van der Waals surface area contributed by atoms with E-state index in [1.165, 1.54) is 11.5 Å². The van der Waals surface area contributed by atoms with E-state index in [0.29, 0.717) is 24.3 Å². The van der Waals surface area contributed by atoms with Gasteiger partial charge in [0.1, 0.15) is 5.82 Å². The normalized spacial score (nSPS) is 13.9. The number of rotatable bonds is 2. The van der Waals surface area contributed by atoms with Gasteiger partial charge in [0.25, 0.3) is 5.91 Å². The summed E-state index contributed by atoms with van der Waals surface area (Å²) in [6.07, 6.45) is 0. The average Bonchev–Trinajstić information content (AvgIpc) is 2.96. The van der Waals surface area contributed by atoms with E-state index in [2.05, 4.69) is 14.3 Å². The highest BCUT2D eigenvalue weighted by molar-refractivity contribution is 7.09. The van der Waals surface area contributed by atoms with Crippen molar-refractivity contribution in [2.24, 2.45) is 0 Å². The predicted octanol–water partition coefficient (Wildman–Crippen LogP) is 2.54. The molecule has 1 aliphatic rings. The third kappa shape index (κ3) is 4.28. The Morgan fingerprint density at radius 2 is 1.83 bits per heavy atom. The van der Waals surface area contributed by atoms with Gasteiger partial charge in [0.05, 0.1) is 0 Å². The molecule has 0 saturated carbocycles. The molecule has 1 saturated heterocycles. The summed E-state index contributed by atoms with van der Waals surface area (Å²) in [5, 5.41) is 0.935. The number of nitrogen functional groups attached to an aromatic ring is 1. The van der Waals surface area contributed by atoms with Gasteiger partial charge in [0, 0.05) is 49.0 Å². The van der Waals surface area contributed by atoms with Crippen molar-refractivity contribution in [2.75, 3.05) is 36.8 Å². The molecule has 2 heterocycles. The first-order valence-electron chi connectivity index (χ1n) is 7.25. The highest BCUT2D eigenvalue weighted by Crippen LogP contribution is 2.20. The van der Waals surface area contributed by atoms with E-state index in [1.807, 2.05) is 30.9 Å². The molecule has 1 aromatic carbocycles. The van der Waals surface area contributed by atoms with E-state index in [0.717, 1.165) is 29.6 Å². The molecule has 0 spiro atoms. The lowest BCUT2D eigenvalue weighted by Crippen LogP contribution is -2.49. The summed E-state index contributed by atoms with van der Waals surface area (Å²) in [6.45, 7) is 6.76. The zero-order valence-corrected chi connectivity index (χ0v) is 16.0. The standard InChI is InChI=1S/C15H19N5OS.2ClH/c1-10-3-4-12(16)9-13(10)14(21)19-5-7-20(8-6-19)15-17-11(2)18-22-15;;/h3-4,9H,5-8,16H2,1-2H3;2*1H. The SMILES string of the molecule is Cc1nsc(N2CCN(C(=O)c3cc(N)ccc3C)CC2)n1.Cl.Cl. The minimum absolute atomic E-state index is 0. The zero-order chi connectivity index (χ0) is 15.7. The summed E-state index contributed by atoms with van der Waals surface area (Å²) in [6, 6.07) is 5.48. The van der Waals surface area contributed by atoms with Gasteiger partial charge >= 0.3 is 0 Å². The van der Waals surface area contributed by atoms with E-state index in [-0.39, 0.29) is 30.7 Å². The molecule has 0 radical (unpaired) electrons. The Labute approximate surface area is 158 Å². The monoisotopic (exact) mass is 389 g/mol. The minimum Gasteiger partial charge on any atom is -0.399 e. The quantitative estimate of drug-likeness (QED) is 0.798. The fraction of sp³-hybridized carbons (Fsp3) is 0.400. The molecule has 1 aromatic heterocycles. The van der Waals surface area contributed by atoms with E-state index in [1.54, 1.807) is 6.07 Å². The number of amides is 1. The number of carbonyl (C=O) groups excluding carboxylic acids is 1. The van der Waals surface area contributed by atoms with Crippen molar-refractivity contribution in [1.82, 2.24) is 14.3 Å². The molecule has 1 amide bonds. The molecule has 1 aliphatic heterocycles. The van der Waals surface area contributed by atoms with Crippen LogP contribution in [0, 0.1) is 13.8 Å². The lowest BCUT2D eigenvalue weighted by molar-refractivity contribution is 0.0746. The molecule has 0 atom stereocenters. The van der Waals surface area contributed by atoms with Gasteiger partial charge in [-0.2, -0.15) is 4.37 Å². The van der Waals surface area contributed by atoms with Crippen molar-refractivity contribution >= 4 is 53.1 Å². The van der Waals surface area contributed by atoms with E-state index in [4.69, 9.17) is 5.73 Å². The van der Waals surface area contributed by atoms with Crippen LogP contribution in [0.25, 0.3) is 0 Å². The molecule has 0 unspecified atom stereocenters. The van der Waals surface area contributed by atoms with Crippen LogP contribution in [0.2, 0.25) is 0 Å². The van der Waals surface area contributed by atoms with Crippen molar-refractivity contribution in [1.29, 1.82) is 0 Å². The maximum absolute atomic E-state index is 12.6. The minimum atomic E-state index is 0. The average molecular weight is 390 g/mol. The van der Waals surface area contributed by atoms with Crippen LogP contribution in [0.1, 0.15) is 21.7 Å². The third-order valence-corrected chi connectivity index (χ3v) is 4.71. The van der Waals surface area contributed by atoms with Crippen LogP contribution in [-0.4, -0.2) is 46.3 Å². The number of nitrogens with zero attached hydrogens (tertiary/aromatic N) is 4. The summed E-state index contributed by atoms with van der Waals surface area (Å²) < 4.78 is 4.21. The number of nitrogens with two attached hydrogens (primary N) is 1. The Bertz CT molecular complexity index is 701. The number of aryl methyl sites for hydroxylation is 2. The molecular weight excluding hydrogens is 369 g/mol. The van der Waals surface area contributed by atoms with Gasteiger partial charge in [0.2, 0.25) is 5.13 Å². The Balaban J connectivity index is 0.00000144. The van der Waals surface area contributed by atoms with Gasteiger partial charge in [-0.25, -0.2) is 4.98 Å². The summed E-state index contributed by atoms with van der Waals surface area (Å²) in [7, 11) is 0. The van der Waals surface area contributed by atoms with Crippen LogP contribution in [0.5, 0.6) is 0 Å². The van der Waals surface area contributed by atoms with Crippen LogP contribution in [0.4, 0.5) is 10.8 Å². The Morgan fingerprint density at radius 1 is 1.17 bits per heavy atom. The molecule has 3 rings (SSSR count). The number of carbonyl (C=O) groups is 1. The highest BCUT2D eigenvalue weighted by atomic mass is 35.5. The number of halogens is 2. The molecule has 2 N–H and O–H groups in total. The summed E-state index contributed by atoms with van der Waals surface area (Å²) in [5.41, 5.74) is 8.08. The van der Waals surface area contributed by atoms with E-state index >= 15 is 0 Å². The molecule has 9 heteroatoms. The number of benzene rings is 1. The Hall–Kier alpha value is -1.57. The van der Waals surface area contributed by atoms with Crippen LogP contribution >= 0.6 is 36.3 Å². The maximum atomic E-state index is 12.6. The first-order chi connectivity index (χ1) is 10.5. The number of hydrogen-bond acceptors (Lipinski definition) is 6. The van der Waals surface area contributed by atoms with Crippen LogP contribution in [-0.2, 0) is 0 Å². The molecule has 6 nitrogen and oxygen atoms in total. The molecule has 1 fully saturated rings. The van der Waals surface area contributed by atoms with Gasteiger partial charge in [-0.1, -0.05) is 6.07 Å². The fourth-order valence-electron chi connectivity index (χ4n) is 2.56. The first kappa shape index (κ1) is 20.5. The van der Waals surface area contributed by atoms with Crippen LogP contribution < -0.4 is 10.6 Å². The third-order valence-electron chi connectivity index (χ3n) is 3.85. The Morgan fingerprint density at radius 3 is 2.42 bits per heavy atom. The van der Waals surface area contributed by atoms with Crippen molar-refractivity contribution in [3.05, 3.63) is 35.2 Å². The molecule has 2 aromatic rings. The van der Waals surface area contributed by atoms with Crippen LogP contribution in [0.15, 0.2) is 18.2 Å². The number of piperazine rings is 1. The molecule has 0 aliphatic carbocycles. The number of aromatic nitrogens is 2. The van der Waals surface area contributed by atoms with Crippen molar-refractivity contribution in [2.45, 2.75) is 13.8 Å². The van der Waals surface area contributed by atoms with Gasteiger partial charge < -0.3 is 15.5 Å².